The van der Waals surface area contributed by atoms with Gasteiger partial charge in [-0.25, -0.2) is 18.7 Å². The Labute approximate surface area is 204 Å². The number of benzene rings is 1. The summed E-state index contributed by atoms with van der Waals surface area (Å²) in [5.74, 6) is -0.811. The van der Waals surface area contributed by atoms with Crippen molar-refractivity contribution in [3.8, 4) is 5.75 Å². The van der Waals surface area contributed by atoms with Crippen LogP contribution in [0.15, 0.2) is 53.7 Å². The van der Waals surface area contributed by atoms with Gasteiger partial charge in [-0.3, -0.25) is 15.0 Å². The van der Waals surface area contributed by atoms with Crippen molar-refractivity contribution >= 4 is 22.0 Å². The minimum absolute atomic E-state index is 0.0212. The molecule has 1 aliphatic heterocycles. The first-order chi connectivity index (χ1) is 16.8. The summed E-state index contributed by atoms with van der Waals surface area (Å²) in [6, 6.07) is 7.97. The Morgan fingerprint density at radius 2 is 1.80 bits per heavy atom. The van der Waals surface area contributed by atoms with Crippen molar-refractivity contribution in [2.75, 3.05) is 26.8 Å². The molecular formula is C23H30N4O7S. The van der Waals surface area contributed by atoms with Crippen LogP contribution in [0.5, 0.6) is 5.75 Å². The maximum atomic E-state index is 13.8. The van der Waals surface area contributed by atoms with E-state index in [4.69, 9.17) is 9.47 Å². The van der Waals surface area contributed by atoms with Gasteiger partial charge >= 0.3 is 6.09 Å². The summed E-state index contributed by atoms with van der Waals surface area (Å²) < 4.78 is 38.9. The standard InChI is InChI=1S/C23H30N4O7S/c1-3-34-23(29)26-14-10-18(11-15-26)21(22(28)25-30)27(16-17-8-12-24-13-9-17)35(31,32)20-6-4-19(33-2)5-7-20/h4-9,12-13,18,21,30H,3,10-11,14-16H2,1-2H3,(H,25,28)/t21-/m1/s1. The minimum Gasteiger partial charge on any atom is -0.497 e. The molecule has 0 unspecified atom stereocenters. The quantitative estimate of drug-likeness (QED) is 0.389. The number of piperidine rings is 1. The van der Waals surface area contributed by atoms with Crippen molar-refractivity contribution in [1.82, 2.24) is 19.7 Å². The molecule has 1 saturated heterocycles. The molecule has 2 N–H and O–H groups in total. The number of ether oxygens (including phenoxy) is 2. The third-order valence-corrected chi connectivity index (χ3v) is 7.80. The summed E-state index contributed by atoms with van der Waals surface area (Å²) in [7, 11) is -2.71. The van der Waals surface area contributed by atoms with E-state index in [2.05, 4.69) is 4.98 Å². The molecule has 0 aliphatic carbocycles. The maximum absolute atomic E-state index is 13.8. The van der Waals surface area contributed by atoms with Crippen LogP contribution in [0.25, 0.3) is 0 Å². The van der Waals surface area contributed by atoms with E-state index in [9.17, 15) is 23.2 Å². The monoisotopic (exact) mass is 506 g/mol. The van der Waals surface area contributed by atoms with Gasteiger partial charge in [0.2, 0.25) is 10.0 Å². The third-order valence-electron chi connectivity index (χ3n) is 5.96. The molecule has 2 amide bonds. The molecule has 190 valence electrons. The normalized spacial score (nSPS) is 15.5. The molecule has 1 aromatic carbocycles. The van der Waals surface area contributed by atoms with Crippen molar-refractivity contribution in [2.24, 2.45) is 5.92 Å². The Bertz CT molecular complexity index is 1090. The number of hydrogen-bond acceptors (Lipinski definition) is 8. The highest BCUT2D eigenvalue weighted by atomic mass is 32.2. The van der Waals surface area contributed by atoms with Gasteiger partial charge in [-0.15, -0.1) is 0 Å². The smallest absolute Gasteiger partial charge is 0.409 e. The highest BCUT2D eigenvalue weighted by Gasteiger charge is 2.42. The number of amides is 2. The second-order valence-corrected chi connectivity index (χ2v) is 9.92. The molecule has 2 heterocycles. The van der Waals surface area contributed by atoms with E-state index >= 15 is 0 Å². The maximum Gasteiger partial charge on any atom is 0.409 e. The molecule has 0 saturated carbocycles. The molecule has 0 radical (unpaired) electrons. The zero-order valence-electron chi connectivity index (χ0n) is 19.7. The third kappa shape index (κ3) is 6.27. The molecular weight excluding hydrogens is 476 g/mol. The first-order valence-electron chi connectivity index (χ1n) is 11.2. The zero-order chi connectivity index (χ0) is 25.4. The average molecular weight is 507 g/mol. The molecule has 35 heavy (non-hydrogen) atoms. The predicted octanol–water partition coefficient (Wildman–Crippen LogP) is 2.02. The van der Waals surface area contributed by atoms with E-state index < -0.39 is 34.0 Å². The van der Waals surface area contributed by atoms with Gasteiger partial charge in [-0.1, -0.05) is 0 Å². The van der Waals surface area contributed by atoms with Crippen LogP contribution in [0.1, 0.15) is 25.3 Å². The number of hydroxylamine groups is 1. The number of aromatic nitrogens is 1. The van der Waals surface area contributed by atoms with Gasteiger partial charge in [0.1, 0.15) is 11.8 Å². The largest absolute Gasteiger partial charge is 0.497 e. The van der Waals surface area contributed by atoms with Crippen LogP contribution in [-0.4, -0.2) is 72.7 Å². The van der Waals surface area contributed by atoms with Crippen LogP contribution in [-0.2, 0) is 26.1 Å². The van der Waals surface area contributed by atoms with Gasteiger partial charge in [-0.05, 0) is 67.6 Å². The van der Waals surface area contributed by atoms with Gasteiger partial charge in [0.15, 0.2) is 0 Å². The fourth-order valence-corrected chi connectivity index (χ4v) is 5.78. The van der Waals surface area contributed by atoms with E-state index in [0.29, 0.717) is 37.2 Å². The summed E-state index contributed by atoms with van der Waals surface area (Å²) >= 11 is 0. The molecule has 1 atom stereocenters. The van der Waals surface area contributed by atoms with Crippen LogP contribution >= 0.6 is 0 Å². The summed E-state index contributed by atoms with van der Waals surface area (Å²) in [4.78, 5) is 30.5. The summed E-state index contributed by atoms with van der Waals surface area (Å²) in [6.45, 7) is 2.43. The molecule has 2 aromatic rings. The van der Waals surface area contributed by atoms with E-state index in [1.54, 1.807) is 24.5 Å². The number of likely N-dealkylation sites (tertiary alicyclic amines) is 1. The van der Waals surface area contributed by atoms with Gasteiger partial charge in [0.25, 0.3) is 5.91 Å². The molecule has 1 aliphatic rings. The highest BCUT2D eigenvalue weighted by molar-refractivity contribution is 7.89. The van der Waals surface area contributed by atoms with Crippen molar-refractivity contribution in [3.05, 3.63) is 54.4 Å². The van der Waals surface area contributed by atoms with Crippen LogP contribution in [0.3, 0.4) is 0 Å². The van der Waals surface area contributed by atoms with Crippen LogP contribution < -0.4 is 10.2 Å². The fraction of sp³-hybridized carbons (Fsp3) is 0.435. The second kappa shape index (κ2) is 12.0. The van der Waals surface area contributed by atoms with Gasteiger partial charge < -0.3 is 14.4 Å². The minimum atomic E-state index is -4.19. The molecule has 1 aromatic heterocycles. The van der Waals surface area contributed by atoms with E-state index in [1.165, 1.54) is 48.7 Å². The van der Waals surface area contributed by atoms with E-state index in [0.717, 1.165) is 4.31 Å². The topological polar surface area (TPSA) is 138 Å². The predicted molar refractivity (Wildman–Crippen MR) is 125 cm³/mol. The van der Waals surface area contributed by atoms with Gasteiger partial charge in [0, 0.05) is 32.0 Å². The van der Waals surface area contributed by atoms with Crippen molar-refractivity contribution in [3.63, 3.8) is 0 Å². The van der Waals surface area contributed by atoms with Gasteiger partial charge in [-0.2, -0.15) is 4.31 Å². The molecule has 12 heteroatoms. The number of nitrogens with zero attached hydrogens (tertiary/aromatic N) is 3. The number of methoxy groups -OCH3 is 1. The Morgan fingerprint density at radius 3 is 2.34 bits per heavy atom. The lowest BCUT2D eigenvalue weighted by atomic mass is 9.88. The summed E-state index contributed by atoms with van der Waals surface area (Å²) in [5.41, 5.74) is 2.26. The summed E-state index contributed by atoms with van der Waals surface area (Å²) in [5, 5.41) is 9.53. The number of pyridine rings is 1. The summed E-state index contributed by atoms with van der Waals surface area (Å²) in [6.07, 6.45) is 3.32. The molecule has 11 nitrogen and oxygen atoms in total. The second-order valence-electron chi connectivity index (χ2n) is 8.03. The zero-order valence-corrected chi connectivity index (χ0v) is 20.5. The lowest BCUT2D eigenvalue weighted by Gasteiger charge is -2.39. The lowest BCUT2D eigenvalue weighted by Crippen LogP contribution is -2.54. The number of nitrogens with one attached hydrogen (secondary N) is 1. The SMILES string of the molecule is CCOC(=O)N1CCC([C@H](C(=O)NO)N(Cc2ccncc2)S(=O)(=O)c2ccc(OC)cc2)CC1. The molecule has 0 bridgehead atoms. The van der Waals surface area contributed by atoms with Crippen LogP contribution in [0.2, 0.25) is 0 Å². The van der Waals surface area contributed by atoms with Crippen molar-refractivity contribution in [1.29, 1.82) is 0 Å². The Morgan fingerprint density at radius 1 is 1.17 bits per heavy atom. The first-order valence-corrected chi connectivity index (χ1v) is 12.7. The van der Waals surface area contributed by atoms with Crippen LogP contribution in [0.4, 0.5) is 4.79 Å². The van der Waals surface area contributed by atoms with E-state index in [1.807, 2.05) is 0 Å². The number of rotatable bonds is 9. The highest BCUT2D eigenvalue weighted by Crippen LogP contribution is 2.31. The van der Waals surface area contributed by atoms with Gasteiger partial charge in [0.05, 0.1) is 18.6 Å². The molecule has 3 rings (SSSR count). The van der Waals surface area contributed by atoms with Crippen molar-refractivity contribution in [2.45, 2.75) is 37.2 Å². The Balaban J connectivity index is 1.97. The Hall–Kier alpha value is -3.22. The number of sulfonamides is 1. The first kappa shape index (κ1) is 26.4. The lowest BCUT2D eigenvalue weighted by molar-refractivity contribution is -0.135. The number of carbonyl (C=O) groups excluding carboxylic acids is 2. The Kier molecular flexibility index (Phi) is 9.01. The van der Waals surface area contributed by atoms with Crippen LogP contribution in [0, 0.1) is 5.92 Å². The van der Waals surface area contributed by atoms with E-state index in [-0.39, 0.29) is 18.0 Å². The number of hydrogen-bond donors (Lipinski definition) is 2. The fourth-order valence-electron chi connectivity index (χ4n) is 4.14. The van der Waals surface area contributed by atoms with Crippen molar-refractivity contribution < 1.29 is 32.7 Å². The molecule has 1 fully saturated rings. The molecule has 0 spiro atoms. The average Bonchev–Trinajstić information content (AvgIpc) is 2.89. The number of carbonyl (C=O) groups is 2.